The Bertz CT molecular complexity index is 958. The molecule has 0 spiro atoms. The van der Waals surface area contributed by atoms with E-state index in [2.05, 4.69) is 0 Å². The van der Waals surface area contributed by atoms with Crippen molar-refractivity contribution in [2.24, 2.45) is 5.92 Å². The summed E-state index contributed by atoms with van der Waals surface area (Å²) in [5.41, 5.74) is -0.885. The zero-order valence-electron chi connectivity index (χ0n) is 19.2. The number of ether oxygens (including phenoxy) is 3. The van der Waals surface area contributed by atoms with Crippen LogP contribution >= 0.6 is 0 Å². The molecule has 194 valence electrons. The van der Waals surface area contributed by atoms with E-state index >= 15 is 0 Å². The van der Waals surface area contributed by atoms with Gasteiger partial charge in [-0.2, -0.15) is 0 Å². The van der Waals surface area contributed by atoms with E-state index in [0.29, 0.717) is 24.8 Å². The maximum atomic E-state index is 12.4. The summed E-state index contributed by atoms with van der Waals surface area (Å²) in [6.45, 7) is 2.88. The zero-order chi connectivity index (χ0) is 26.1. The normalized spacial score (nSPS) is 29.3. The summed E-state index contributed by atoms with van der Waals surface area (Å²) in [6, 6.07) is 1.61. The number of carbonyl (C=O) groups is 2. The number of aliphatic hydroxyl groups excluding tert-OH is 3. The minimum Gasteiger partial charge on any atom is -0.504 e. The maximum Gasteiger partial charge on any atom is 0.340 e. The van der Waals surface area contributed by atoms with Gasteiger partial charge in [0, 0.05) is 5.57 Å². The van der Waals surface area contributed by atoms with Gasteiger partial charge >= 0.3 is 11.9 Å². The number of aromatic hydroxyl groups is 3. The number of hydrogen-bond donors (Lipinski definition) is 7. The smallest absolute Gasteiger partial charge is 0.340 e. The van der Waals surface area contributed by atoms with Gasteiger partial charge in [0.1, 0.15) is 31.0 Å². The molecule has 0 saturated carbocycles. The van der Waals surface area contributed by atoms with Crippen LogP contribution in [0.25, 0.3) is 0 Å². The molecular formula is C23H30O12. The van der Waals surface area contributed by atoms with Gasteiger partial charge in [-0.05, 0) is 51.2 Å². The molecule has 1 aromatic rings. The number of rotatable bonds is 6. The molecule has 0 aromatic heterocycles. The second-order valence-electron chi connectivity index (χ2n) is 9.24. The van der Waals surface area contributed by atoms with Gasteiger partial charge in [0.05, 0.1) is 11.2 Å². The topological polar surface area (TPSA) is 203 Å². The maximum absolute atomic E-state index is 12.4. The van der Waals surface area contributed by atoms with Crippen molar-refractivity contribution in [3.8, 4) is 17.2 Å². The lowest BCUT2D eigenvalue weighted by Gasteiger charge is -2.39. The predicted octanol–water partition coefficient (Wildman–Crippen LogP) is -0.192. The van der Waals surface area contributed by atoms with E-state index < -0.39 is 77.7 Å². The number of carbonyl (C=O) groups excluding carboxylic acids is 2. The Kier molecular flexibility index (Phi) is 7.92. The van der Waals surface area contributed by atoms with E-state index in [1.165, 1.54) is 0 Å². The van der Waals surface area contributed by atoms with Gasteiger partial charge in [-0.15, -0.1) is 0 Å². The van der Waals surface area contributed by atoms with Gasteiger partial charge in [-0.3, -0.25) is 0 Å². The molecule has 12 heteroatoms. The summed E-state index contributed by atoms with van der Waals surface area (Å²) >= 11 is 0. The number of aliphatic hydroxyl groups is 4. The fourth-order valence-corrected chi connectivity index (χ4v) is 3.96. The van der Waals surface area contributed by atoms with Crippen LogP contribution in [0.4, 0.5) is 0 Å². The molecule has 1 aromatic carbocycles. The van der Waals surface area contributed by atoms with Gasteiger partial charge < -0.3 is 50.0 Å². The lowest BCUT2D eigenvalue weighted by atomic mass is 9.79. The van der Waals surface area contributed by atoms with E-state index in [1.807, 2.05) is 0 Å². The first-order valence-corrected chi connectivity index (χ1v) is 11.0. The van der Waals surface area contributed by atoms with Gasteiger partial charge in [0.15, 0.2) is 17.2 Å². The summed E-state index contributed by atoms with van der Waals surface area (Å²) in [4.78, 5) is 24.8. The molecule has 1 aliphatic heterocycles. The number of benzene rings is 1. The summed E-state index contributed by atoms with van der Waals surface area (Å²) < 4.78 is 15.5. The first kappa shape index (κ1) is 26.7. The van der Waals surface area contributed by atoms with Crippen molar-refractivity contribution in [1.82, 2.24) is 0 Å². The molecular weight excluding hydrogens is 468 g/mol. The Morgan fingerprint density at radius 1 is 1.03 bits per heavy atom. The average Bonchev–Trinajstić information content (AvgIpc) is 2.81. The van der Waals surface area contributed by atoms with Gasteiger partial charge in [0.2, 0.25) is 6.29 Å². The van der Waals surface area contributed by atoms with Crippen LogP contribution in [0.2, 0.25) is 0 Å². The number of hydrogen-bond acceptors (Lipinski definition) is 12. The molecule has 1 fully saturated rings. The predicted molar refractivity (Wildman–Crippen MR) is 116 cm³/mol. The highest BCUT2D eigenvalue weighted by Gasteiger charge is 2.46. The molecule has 6 atom stereocenters. The van der Waals surface area contributed by atoms with Crippen LogP contribution in [-0.4, -0.2) is 90.6 Å². The van der Waals surface area contributed by atoms with Crippen LogP contribution in [0.1, 0.15) is 43.5 Å². The van der Waals surface area contributed by atoms with Gasteiger partial charge in [-0.1, -0.05) is 6.08 Å². The molecule has 12 nitrogen and oxygen atoms in total. The van der Waals surface area contributed by atoms with Crippen molar-refractivity contribution in [2.45, 2.75) is 69.4 Å². The Morgan fingerprint density at radius 3 is 2.20 bits per heavy atom. The monoisotopic (exact) mass is 498 g/mol. The van der Waals surface area contributed by atoms with E-state index in [-0.39, 0.29) is 5.92 Å². The van der Waals surface area contributed by atoms with Crippen LogP contribution in [-0.2, 0) is 19.0 Å². The van der Waals surface area contributed by atoms with E-state index in [9.17, 15) is 45.3 Å². The van der Waals surface area contributed by atoms with Crippen LogP contribution in [0.3, 0.4) is 0 Å². The Balaban J connectivity index is 1.62. The quantitative estimate of drug-likeness (QED) is 0.201. The third-order valence-electron chi connectivity index (χ3n) is 6.25. The second-order valence-corrected chi connectivity index (χ2v) is 9.24. The Hall–Kier alpha value is -2.90. The lowest BCUT2D eigenvalue weighted by Crippen LogP contribution is -2.59. The molecule has 6 unspecified atom stereocenters. The van der Waals surface area contributed by atoms with Crippen molar-refractivity contribution in [1.29, 1.82) is 0 Å². The molecule has 1 saturated heterocycles. The number of phenols is 3. The molecule has 2 aliphatic rings. The van der Waals surface area contributed by atoms with Crippen molar-refractivity contribution >= 4 is 11.9 Å². The molecule has 3 rings (SSSR count). The van der Waals surface area contributed by atoms with E-state index in [1.54, 1.807) is 19.9 Å². The first-order valence-electron chi connectivity index (χ1n) is 11.0. The zero-order valence-corrected chi connectivity index (χ0v) is 19.2. The molecule has 0 amide bonds. The minimum absolute atomic E-state index is 0.00737. The number of esters is 2. The van der Waals surface area contributed by atoms with Crippen LogP contribution < -0.4 is 0 Å². The molecule has 1 heterocycles. The second kappa shape index (κ2) is 10.4. The third kappa shape index (κ3) is 6.03. The van der Waals surface area contributed by atoms with Crippen molar-refractivity contribution in [2.75, 3.05) is 6.61 Å². The molecule has 35 heavy (non-hydrogen) atoms. The Morgan fingerprint density at radius 2 is 1.66 bits per heavy atom. The molecule has 0 radical (unpaired) electrons. The largest absolute Gasteiger partial charge is 0.504 e. The van der Waals surface area contributed by atoms with Gasteiger partial charge in [0.25, 0.3) is 0 Å². The SMILES string of the molecule is CC(C)(O)C1CC=C(C(=O)OCC2OC(OC(=O)c3cc(O)c(O)c(O)c3)C(O)C(O)C2O)CC1. The van der Waals surface area contributed by atoms with E-state index in [0.717, 1.165) is 12.1 Å². The molecule has 7 N–H and O–H groups in total. The summed E-state index contributed by atoms with van der Waals surface area (Å²) in [5.74, 6) is -4.31. The third-order valence-corrected chi connectivity index (χ3v) is 6.25. The van der Waals surface area contributed by atoms with Gasteiger partial charge in [-0.25, -0.2) is 9.59 Å². The lowest BCUT2D eigenvalue weighted by molar-refractivity contribution is -0.286. The minimum atomic E-state index is -1.86. The highest BCUT2D eigenvalue weighted by atomic mass is 16.7. The molecule has 0 bridgehead atoms. The summed E-state index contributed by atoms with van der Waals surface area (Å²) in [5, 5.41) is 69.1. The van der Waals surface area contributed by atoms with Crippen LogP contribution in [0, 0.1) is 5.92 Å². The fourth-order valence-electron chi connectivity index (χ4n) is 3.96. The number of phenolic OH excluding ortho intramolecular Hbond substituents is 3. The highest BCUT2D eigenvalue weighted by molar-refractivity contribution is 5.91. The van der Waals surface area contributed by atoms with E-state index in [4.69, 9.17) is 14.2 Å². The van der Waals surface area contributed by atoms with Crippen LogP contribution in [0.15, 0.2) is 23.8 Å². The van der Waals surface area contributed by atoms with Crippen molar-refractivity contribution in [3.05, 3.63) is 29.3 Å². The van der Waals surface area contributed by atoms with Crippen molar-refractivity contribution in [3.63, 3.8) is 0 Å². The standard InChI is InChI=1S/C23H30O12/c1-23(2,32)12-5-3-10(4-6-12)20(30)33-9-15-17(27)18(28)19(29)22(34-15)35-21(31)11-7-13(24)16(26)14(25)8-11/h3,7-8,12,15,17-19,22,24-29,32H,4-6,9H2,1-2H3. The first-order chi connectivity index (χ1) is 16.3. The van der Waals surface area contributed by atoms with Crippen molar-refractivity contribution < 1.29 is 59.5 Å². The molecule has 1 aliphatic carbocycles. The summed E-state index contributed by atoms with van der Waals surface area (Å²) in [6.07, 6.45) is -5.36. The Labute approximate surface area is 200 Å². The number of allylic oxidation sites excluding steroid dienone is 1. The average molecular weight is 498 g/mol. The summed E-state index contributed by atoms with van der Waals surface area (Å²) in [7, 11) is 0. The fraction of sp³-hybridized carbons (Fsp3) is 0.565. The van der Waals surface area contributed by atoms with Crippen LogP contribution in [0.5, 0.6) is 17.2 Å². The highest BCUT2D eigenvalue weighted by Crippen LogP contribution is 2.36.